The Bertz CT molecular complexity index is 3740. The smallest absolute Gasteiger partial charge is 0.0714 e. The molecule has 0 fully saturated rings. The van der Waals surface area contributed by atoms with Crippen molar-refractivity contribution in [3.8, 4) is 22.3 Å². The van der Waals surface area contributed by atoms with Gasteiger partial charge in [-0.1, -0.05) is 224 Å². The number of hydrogen-bond acceptors (Lipinski definition) is 1. The maximum absolute atomic E-state index is 2.58. The Morgan fingerprint density at radius 3 is 1.29 bits per heavy atom. The zero-order chi connectivity index (χ0) is 46.2. The maximum atomic E-state index is 2.58. The minimum Gasteiger partial charge on any atom is -0.314 e. The van der Waals surface area contributed by atoms with Gasteiger partial charge < -0.3 is 9.47 Å². The third-order valence-electron chi connectivity index (χ3n) is 15.7. The van der Waals surface area contributed by atoms with Crippen molar-refractivity contribution in [1.82, 2.24) is 4.57 Å². The van der Waals surface area contributed by atoms with Crippen molar-refractivity contribution in [1.29, 1.82) is 0 Å². The molecule has 0 N–H and O–H groups in total. The van der Waals surface area contributed by atoms with Crippen molar-refractivity contribution in [2.24, 2.45) is 0 Å². The summed E-state index contributed by atoms with van der Waals surface area (Å²) in [5.41, 5.74) is 21.8. The van der Waals surface area contributed by atoms with Gasteiger partial charge in [-0.05, 0) is 117 Å². The third-order valence-corrected chi connectivity index (χ3v) is 15.7. The predicted molar refractivity (Wildman–Crippen MR) is 291 cm³/mol. The molecule has 0 radical (unpaired) electrons. The summed E-state index contributed by atoms with van der Waals surface area (Å²) < 4.78 is 2.49. The summed E-state index contributed by atoms with van der Waals surface area (Å²) in [6.45, 7) is 0. The van der Waals surface area contributed by atoms with Crippen LogP contribution in [-0.4, -0.2) is 4.57 Å². The van der Waals surface area contributed by atoms with Crippen LogP contribution in [0.15, 0.2) is 273 Å². The van der Waals surface area contributed by atoms with Crippen molar-refractivity contribution >= 4 is 38.9 Å². The molecule has 10 aromatic carbocycles. The molecule has 3 aliphatic rings. The molecule has 2 heteroatoms. The fraction of sp³-hybridized carbons (Fsp3) is 0.0588. The summed E-state index contributed by atoms with van der Waals surface area (Å²) in [5, 5.41) is 2.57. The molecular weight excluding hydrogens is 845 g/mol. The summed E-state index contributed by atoms with van der Waals surface area (Å²) in [4.78, 5) is 2.58. The molecule has 330 valence electrons. The fourth-order valence-corrected chi connectivity index (χ4v) is 12.9. The first-order chi connectivity index (χ1) is 34.8. The topological polar surface area (TPSA) is 8.17 Å². The molecule has 0 amide bonds. The molecule has 1 heterocycles. The highest BCUT2D eigenvalue weighted by Gasteiger charge is 2.48. The van der Waals surface area contributed by atoms with E-state index in [1.54, 1.807) is 0 Å². The molecule has 0 saturated carbocycles. The second kappa shape index (κ2) is 15.9. The highest BCUT2D eigenvalue weighted by molar-refractivity contribution is 6.10. The first-order valence-corrected chi connectivity index (χ1v) is 24.6. The molecule has 0 bridgehead atoms. The number of anilines is 2. The lowest BCUT2D eigenvalue weighted by Crippen LogP contribution is -2.29. The van der Waals surface area contributed by atoms with Gasteiger partial charge in [0.25, 0.3) is 0 Å². The molecule has 14 rings (SSSR count). The molecule has 11 aromatic rings. The minimum atomic E-state index is -0.518. The van der Waals surface area contributed by atoms with Crippen LogP contribution in [0.4, 0.5) is 11.4 Å². The number of rotatable bonds is 8. The van der Waals surface area contributed by atoms with E-state index in [-0.39, 0.29) is 0 Å². The normalized spacial score (nSPS) is 14.9. The summed E-state index contributed by atoms with van der Waals surface area (Å²) in [7, 11) is 0. The van der Waals surface area contributed by atoms with Gasteiger partial charge in [-0.25, -0.2) is 0 Å². The van der Waals surface area contributed by atoms with E-state index in [9.17, 15) is 0 Å². The fourth-order valence-electron chi connectivity index (χ4n) is 12.9. The Morgan fingerprint density at radius 1 is 0.329 bits per heavy atom. The van der Waals surface area contributed by atoms with Crippen LogP contribution in [0.25, 0.3) is 49.8 Å². The highest BCUT2D eigenvalue weighted by atomic mass is 15.2. The zero-order valence-corrected chi connectivity index (χ0v) is 38.7. The van der Waals surface area contributed by atoms with Gasteiger partial charge >= 0.3 is 0 Å². The van der Waals surface area contributed by atoms with Crippen LogP contribution < -0.4 is 4.90 Å². The lowest BCUT2D eigenvalue weighted by Gasteiger charge is -2.36. The number of para-hydroxylation sites is 2. The first kappa shape index (κ1) is 40.4. The van der Waals surface area contributed by atoms with E-state index in [0.29, 0.717) is 0 Å². The maximum Gasteiger partial charge on any atom is 0.0714 e. The van der Waals surface area contributed by atoms with Crippen molar-refractivity contribution < 1.29 is 0 Å². The van der Waals surface area contributed by atoms with Gasteiger partial charge in [-0.3, -0.25) is 0 Å². The average Bonchev–Trinajstić information content (AvgIpc) is 4.06. The van der Waals surface area contributed by atoms with Crippen molar-refractivity contribution in [3.05, 3.63) is 317 Å². The standard InChI is InChI=1S/C68H48N2/c1-4-21-47(22-5-1)67(59-32-15-10-27-54(59)55-28-11-16-33-60(55)67)50-39-41-51(42-40-50)69(52-43-45-53(46-44-52)70-63-36-18-13-29-56(63)57-30-14-19-37-64(57)70)65-38-20-35-62-66(65)58-31-12-17-34-61(58)68(62,48-23-6-2-7-24-48)49-25-8-3-9-26-49/h1-43,45H,44,46H2. The van der Waals surface area contributed by atoms with Gasteiger partial charge in [0.05, 0.1) is 27.6 Å². The summed E-state index contributed by atoms with van der Waals surface area (Å²) >= 11 is 0. The first-order valence-electron chi connectivity index (χ1n) is 24.6. The molecule has 0 unspecified atom stereocenters. The van der Waals surface area contributed by atoms with E-state index in [4.69, 9.17) is 0 Å². The number of aromatic nitrogens is 1. The largest absolute Gasteiger partial charge is 0.314 e. The van der Waals surface area contributed by atoms with Crippen molar-refractivity contribution in [2.45, 2.75) is 23.7 Å². The average molecular weight is 893 g/mol. The van der Waals surface area contributed by atoms with E-state index in [1.807, 2.05) is 0 Å². The number of allylic oxidation sites excluding steroid dienone is 4. The Labute approximate surface area is 409 Å². The zero-order valence-electron chi connectivity index (χ0n) is 38.7. The van der Waals surface area contributed by atoms with Crippen LogP contribution in [0.3, 0.4) is 0 Å². The van der Waals surface area contributed by atoms with Crippen molar-refractivity contribution in [3.63, 3.8) is 0 Å². The molecule has 3 aliphatic carbocycles. The van der Waals surface area contributed by atoms with Crippen molar-refractivity contribution in [2.75, 3.05) is 4.90 Å². The number of nitrogens with zero attached hydrogens (tertiary/aromatic N) is 2. The highest BCUT2D eigenvalue weighted by Crippen LogP contribution is 2.60. The SMILES string of the molecule is C1=C(N(c2ccc(C3(c4ccccc4)c4ccccc4-c4ccccc43)cc2)c2cccc3c2-c2ccccc2C3(c2ccccc2)c2ccccc2)CCC(n2c3ccccc3c3ccccc32)=C1. The molecule has 1 aromatic heterocycles. The van der Waals surface area contributed by atoms with Crippen LogP contribution in [0.5, 0.6) is 0 Å². The predicted octanol–water partition coefficient (Wildman–Crippen LogP) is 16.9. The Kier molecular flexibility index (Phi) is 9.19. The monoisotopic (exact) mass is 892 g/mol. The lowest BCUT2D eigenvalue weighted by molar-refractivity contribution is 0.767. The Hall–Kier alpha value is -8.72. The van der Waals surface area contributed by atoms with E-state index >= 15 is 0 Å². The third kappa shape index (κ3) is 5.68. The van der Waals surface area contributed by atoms with Gasteiger partial charge in [-0.15, -0.1) is 0 Å². The molecule has 0 saturated heterocycles. The molecule has 2 nitrogen and oxygen atoms in total. The van der Waals surface area contributed by atoms with Crippen LogP contribution in [-0.2, 0) is 10.8 Å². The van der Waals surface area contributed by atoms with Crippen LogP contribution in [0, 0.1) is 0 Å². The summed E-state index contributed by atoms with van der Waals surface area (Å²) in [6, 6.07) is 94.9. The quantitative estimate of drug-likeness (QED) is 0.148. The van der Waals surface area contributed by atoms with Crippen LogP contribution in [0.2, 0.25) is 0 Å². The molecule has 0 aliphatic heterocycles. The number of fused-ring (bicyclic) bond motifs is 9. The minimum absolute atomic E-state index is 0.486. The van der Waals surface area contributed by atoms with Gasteiger partial charge in [0, 0.05) is 33.4 Å². The van der Waals surface area contributed by atoms with E-state index in [2.05, 4.69) is 276 Å². The molecule has 0 spiro atoms. The second-order valence-corrected chi connectivity index (χ2v) is 19.0. The van der Waals surface area contributed by atoms with Gasteiger partial charge in [0.1, 0.15) is 0 Å². The van der Waals surface area contributed by atoms with E-state index in [0.717, 1.165) is 18.5 Å². The number of benzene rings is 10. The Morgan fingerprint density at radius 2 is 0.757 bits per heavy atom. The summed E-state index contributed by atoms with van der Waals surface area (Å²) in [6.07, 6.45) is 6.52. The van der Waals surface area contributed by atoms with Gasteiger partial charge in [0.15, 0.2) is 0 Å². The summed E-state index contributed by atoms with van der Waals surface area (Å²) in [5.74, 6) is 0. The molecule has 0 atom stereocenters. The second-order valence-electron chi connectivity index (χ2n) is 19.0. The Balaban J connectivity index is 1.00. The van der Waals surface area contributed by atoms with Crippen LogP contribution in [0.1, 0.15) is 57.3 Å². The van der Waals surface area contributed by atoms with Gasteiger partial charge in [-0.2, -0.15) is 0 Å². The van der Waals surface area contributed by atoms with E-state index < -0.39 is 10.8 Å². The van der Waals surface area contributed by atoms with Crippen LogP contribution >= 0.6 is 0 Å². The van der Waals surface area contributed by atoms with E-state index in [1.165, 1.54) is 106 Å². The lowest BCUT2D eigenvalue weighted by atomic mass is 9.67. The molecule has 70 heavy (non-hydrogen) atoms. The number of hydrogen-bond donors (Lipinski definition) is 0. The molecular formula is C68H48N2. The van der Waals surface area contributed by atoms with Gasteiger partial charge in [0.2, 0.25) is 0 Å².